The molecular weight excluding hydrogens is 284 g/mol. The Labute approximate surface area is 131 Å². The van der Waals surface area contributed by atoms with Gasteiger partial charge in [0.1, 0.15) is 6.79 Å². The van der Waals surface area contributed by atoms with E-state index in [1.165, 1.54) is 0 Å². The van der Waals surface area contributed by atoms with E-state index in [4.69, 9.17) is 9.47 Å². The van der Waals surface area contributed by atoms with E-state index in [2.05, 4.69) is 19.6 Å². The van der Waals surface area contributed by atoms with Gasteiger partial charge in [-0.2, -0.15) is 0 Å². The van der Waals surface area contributed by atoms with E-state index < -0.39 is 19.5 Å². The Balaban J connectivity index is 4.25. The van der Waals surface area contributed by atoms with E-state index in [1.54, 1.807) is 6.92 Å². The molecule has 2 atom stereocenters. The molecule has 2 unspecified atom stereocenters. The van der Waals surface area contributed by atoms with Gasteiger partial charge >= 0.3 is 5.97 Å². The summed E-state index contributed by atoms with van der Waals surface area (Å²) in [6.07, 6.45) is 1.25. The third kappa shape index (κ3) is 7.98. The molecule has 0 radical (unpaired) electrons. The lowest BCUT2D eigenvalue weighted by Crippen LogP contribution is -2.37. The molecule has 0 aliphatic rings. The maximum absolute atomic E-state index is 11.5. The number of carboxylic acids is 1. The average molecular weight is 319 g/mol. The Morgan fingerprint density at radius 2 is 1.86 bits per heavy atom. The van der Waals surface area contributed by atoms with Crippen LogP contribution in [0, 0.1) is 11.3 Å². The number of hydrogen-bond acceptors (Lipinski definition) is 3. The van der Waals surface area contributed by atoms with Crippen LogP contribution < -0.4 is 0 Å². The van der Waals surface area contributed by atoms with Gasteiger partial charge in [-0.25, -0.2) is 0 Å². The number of ether oxygens (including phenoxy) is 2. The quantitative estimate of drug-likeness (QED) is 0.352. The molecule has 0 fully saturated rings. The fourth-order valence-corrected chi connectivity index (χ4v) is 2.70. The zero-order chi connectivity index (χ0) is 16.7. The fraction of sp³-hybridized carbons (Fsp3) is 0.938. The van der Waals surface area contributed by atoms with E-state index in [0.717, 1.165) is 19.1 Å². The fourth-order valence-electron chi connectivity index (χ4n) is 1.95. The number of carbonyl (C=O) groups is 1. The van der Waals surface area contributed by atoms with Crippen LogP contribution >= 0.6 is 0 Å². The van der Waals surface area contributed by atoms with Gasteiger partial charge in [-0.1, -0.05) is 40.4 Å². The molecule has 0 amide bonds. The van der Waals surface area contributed by atoms with Crippen molar-refractivity contribution < 1.29 is 19.4 Å². The van der Waals surface area contributed by atoms with Gasteiger partial charge in [0.05, 0.1) is 11.5 Å². The minimum absolute atomic E-state index is 0.0691. The second-order valence-electron chi connectivity index (χ2n) is 7.62. The lowest BCUT2D eigenvalue weighted by molar-refractivity contribution is -0.157. The Morgan fingerprint density at radius 1 is 1.29 bits per heavy atom. The van der Waals surface area contributed by atoms with Crippen molar-refractivity contribution in [3.8, 4) is 0 Å². The minimum atomic E-state index is -1.07. The number of aliphatic carboxylic acids is 1. The summed E-state index contributed by atoms with van der Waals surface area (Å²) < 4.78 is 11.3. The van der Waals surface area contributed by atoms with E-state index in [1.807, 2.05) is 20.8 Å². The van der Waals surface area contributed by atoms with Gasteiger partial charge in [-0.05, 0) is 31.7 Å². The van der Waals surface area contributed by atoms with E-state index in [9.17, 15) is 9.90 Å². The SMILES string of the molecule is CCC(CC(C)(C(=O)O)C(C)C)OCOCC[Si](C)(C)C. The molecule has 0 aromatic heterocycles. The molecule has 0 aliphatic heterocycles. The number of carboxylic acid groups (broad SMARTS) is 1. The van der Waals surface area contributed by atoms with Crippen LogP contribution in [0.1, 0.15) is 40.5 Å². The van der Waals surface area contributed by atoms with Gasteiger partial charge in [0, 0.05) is 14.7 Å². The van der Waals surface area contributed by atoms with Crippen molar-refractivity contribution in [2.45, 2.75) is 72.3 Å². The maximum Gasteiger partial charge on any atom is 0.309 e. The molecule has 0 rings (SSSR count). The Hall–Kier alpha value is -0.393. The second kappa shape index (κ2) is 8.91. The largest absolute Gasteiger partial charge is 0.481 e. The van der Waals surface area contributed by atoms with Crippen LogP contribution in [0.2, 0.25) is 25.7 Å². The first kappa shape index (κ1) is 20.6. The van der Waals surface area contributed by atoms with Gasteiger partial charge in [-0.3, -0.25) is 4.79 Å². The summed E-state index contributed by atoms with van der Waals surface area (Å²) in [6, 6.07) is 1.12. The third-order valence-corrected chi connectivity index (χ3v) is 5.96. The summed E-state index contributed by atoms with van der Waals surface area (Å²) in [5, 5.41) is 9.46. The third-order valence-electron chi connectivity index (χ3n) is 4.25. The predicted molar refractivity (Wildman–Crippen MR) is 89.3 cm³/mol. The van der Waals surface area contributed by atoms with Gasteiger partial charge in [0.15, 0.2) is 0 Å². The summed E-state index contributed by atoms with van der Waals surface area (Å²) in [6.45, 7) is 15.7. The molecule has 0 aromatic rings. The number of hydrogen-bond donors (Lipinski definition) is 1. The summed E-state index contributed by atoms with van der Waals surface area (Å²) in [4.78, 5) is 11.5. The Kier molecular flexibility index (Phi) is 8.74. The van der Waals surface area contributed by atoms with Crippen LogP contribution in [0.3, 0.4) is 0 Å². The topological polar surface area (TPSA) is 55.8 Å². The minimum Gasteiger partial charge on any atom is -0.481 e. The van der Waals surface area contributed by atoms with Crippen LogP contribution in [0.4, 0.5) is 0 Å². The molecule has 0 heterocycles. The predicted octanol–water partition coefficient (Wildman–Crippen LogP) is 4.23. The smallest absolute Gasteiger partial charge is 0.309 e. The van der Waals surface area contributed by atoms with Crippen molar-refractivity contribution >= 4 is 14.0 Å². The summed E-state index contributed by atoms with van der Waals surface area (Å²) in [5.41, 5.74) is -0.751. The molecule has 0 spiro atoms. The van der Waals surface area contributed by atoms with Crippen LogP contribution in [0.15, 0.2) is 0 Å². The standard InChI is InChI=1S/C16H34O4Si/c1-8-14(11-16(4,13(2)3)15(17)18)20-12-19-9-10-21(5,6)7/h13-14H,8-12H2,1-7H3,(H,17,18). The monoisotopic (exact) mass is 318 g/mol. The van der Waals surface area contributed by atoms with Crippen molar-refractivity contribution in [3.63, 3.8) is 0 Å². The molecule has 0 aliphatic carbocycles. The molecule has 0 saturated heterocycles. The molecular formula is C16H34O4Si. The second-order valence-corrected chi connectivity index (χ2v) is 13.2. The first-order chi connectivity index (χ1) is 9.53. The Bertz CT molecular complexity index is 312. The lowest BCUT2D eigenvalue weighted by atomic mass is 9.74. The highest BCUT2D eigenvalue weighted by Crippen LogP contribution is 2.34. The van der Waals surface area contributed by atoms with Gasteiger partial charge in [-0.15, -0.1) is 0 Å². The normalized spacial score (nSPS) is 16.8. The maximum atomic E-state index is 11.5. The van der Waals surface area contributed by atoms with Crippen molar-refractivity contribution in [2.24, 2.45) is 11.3 Å². The molecule has 0 saturated carbocycles. The average Bonchev–Trinajstić information content (AvgIpc) is 2.34. The van der Waals surface area contributed by atoms with Crippen molar-refractivity contribution in [1.82, 2.24) is 0 Å². The molecule has 0 aromatic carbocycles. The molecule has 0 bridgehead atoms. The molecule has 5 heteroatoms. The van der Waals surface area contributed by atoms with E-state index in [-0.39, 0.29) is 18.8 Å². The van der Waals surface area contributed by atoms with Crippen molar-refractivity contribution in [3.05, 3.63) is 0 Å². The van der Waals surface area contributed by atoms with Gasteiger partial charge < -0.3 is 14.6 Å². The highest BCUT2D eigenvalue weighted by Gasteiger charge is 2.38. The molecule has 126 valence electrons. The Morgan fingerprint density at radius 3 is 2.24 bits per heavy atom. The highest BCUT2D eigenvalue weighted by atomic mass is 28.3. The van der Waals surface area contributed by atoms with Crippen molar-refractivity contribution in [2.75, 3.05) is 13.4 Å². The van der Waals surface area contributed by atoms with Crippen LogP contribution in [-0.4, -0.2) is 38.7 Å². The highest BCUT2D eigenvalue weighted by molar-refractivity contribution is 6.76. The van der Waals surface area contributed by atoms with Crippen LogP contribution in [0.25, 0.3) is 0 Å². The molecule has 4 nitrogen and oxygen atoms in total. The molecule has 1 N–H and O–H groups in total. The summed E-state index contributed by atoms with van der Waals surface area (Å²) >= 11 is 0. The van der Waals surface area contributed by atoms with Crippen LogP contribution in [0.5, 0.6) is 0 Å². The van der Waals surface area contributed by atoms with E-state index >= 15 is 0 Å². The van der Waals surface area contributed by atoms with Crippen LogP contribution in [-0.2, 0) is 14.3 Å². The summed E-state index contributed by atoms with van der Waals surface area (Å²) in [5.74, 6) is -0.681. The molecule has 21 heavy (non-hydrogen) atoms. The first-order valence-corrected chi connectivity index (χ1v) is 11.7. The lowest BCUT2D eigenvalue weighted by Gasteiger charge is -2.32. The zero-order valence-electron chi connectivity index (χ0n) is 14.9. The van der Waals surface area contributed by atoms with Crippen molar-refractivity contribution in [1.29, 1.82) is 0 Å². The first-order valence-electron chi connectivity index (χ1n) is 7.95. The van der Waals surface area contributed by atoms with E-state index in [0.29, 0.717) is 6.42 Å². The van der Waals surface area contributed by atoms with Gasteiger partial charge in [0.2, 0.25) is 0 Å². The zero-order valence-corrected chi connectivity index (χ0v) is 15.9. The summed E-state index contributed by atoms with van der Waals surface area (Å²) in [7, 11) is -1.07. The number of rotatable bonds is 11. The van der Waals surface area contributed by atoms with Gasteiger partial charge in [0.25, 0.3) is 0 Å².